The van der Waals surface area contributed by atoms with Gasteiger partial charge in [-0.2, -0.15) is 0 Å². The Morgan fingerprint density at radius 2 is 1.89 bits per heavy atom. The molecule has 0 saturated carbocycles. The second kappa shape index (κ2) is 5.55. The standard InChI is InChI=1S/C16H23NO/c1-12(2)14-7-9-15(10-8-14)16(18)17-11-5-4-6-13(17)3/h7-10,12-13H,4-6,11H2,1-3H3. The highest BCUT2D eigenvalue weighted by atomic mass is 16.2. The van der Waals surface area contributed by atoms with Gasteiger partial charge in [0.15, 0.2) is 0 Å². The van der Waals surface area contributed by atoms with Crippen LogP contribution < -0.4 is 0 Å². The van der Waals surface area contributed by atoms with Crippen LogP contribution in [0.4, 0.5) is 0 Å². The van der Waals surface area contributed by atoms with Crippen LogP contribution in [0.15, 0.2) is 24.3 Å². The van der Waals surface area contributed by atoms with Crippen LogP contribution in [0.2, 0.25) is 0 Å². The summed E-state index contributed by atoms with van der Waals surface area (Å²) in [5.74, 6) is 0.709. The molecule has 1 aromatic carbocycles. The van der Waals surface area contributed by atoms with E-state index in [1.807, 2.05) is 17.0 Å². The predicted octanol–water partition coefficient (Wildman–Crippen LogP) is 3.82. The van der Waals surface area contributed by atoms with Gasteiger partial charge in [-0.15, -0.1) is 0 Å². The zero-order valence-electron chi connectivity index (χ0n) is 11.6. The molecule has 0 bridgehead atoms. The van der Waals surface area contributed by atoms with Crippen LogP contribution in [-0.2, 0) is 0 Å². The van der Waals surface area contributed by atoms with Gasteiger partial charge in [0.1, 0.15) is 0 Å². The summed E-state index contributed by atoms with van der Waals surface area (Å²) in [5, 5.41) is 0. The molecule has 0 aliphatic carbocycles. The lowest BCUT2D eigenvalue weighted by Crippen LogP contribution is -2.42. The Morgan fingerprint density at radius 3 is 2.44 bits per heavy atom. The highest BCUT2D eigenvalue weighted by Gasteiger charge is 2.23. The first kappa shape index (κ1) is 13.1. The van der Waals surface area contributed by atoms with Crippen molar-refractivity contribution in [2.24, 2.45) is 0 Å². The van der Waals surface area contributed by atoms with Crippen LogP contribution >= 0.6 is 0 Å². The van der Waals surface area contributed by atoms with Crippen molar-refractivity contribution in [1.82, 2.24) is 4.90 Å². The number of piperidine rings is 1. The van der Waals surface area contributed by atoms with E-state index in [2.05, 4.69) is 32.9 Å². The molecule has 0 spiro atoms. The van der Waals surface area contributed by atoms with Gasteiger partial charge in [0.2, 0.25) is 0 Å². The molecule has 0 N–H and O–H groups in total. The minimum absolute atomic E-state index is 0.192. The molecule has 1 aliphatic rings. The van der Waals surface area contributed by atoms with Gasteiger partial charge < -0.3 is 4.90 Å². The van der Waals surface area contributed by atoms with Gasteiger partial charge in [-0.05, 0) is 49.8 Å². The van der Waals surface area contributed by atoms with Gasteiger partial charge >= 0.3 is 0 Å². The van der Waals surface area contributed by atoms with Crippen molar-refractivity contribution < 1.29 is 4.79 Å². The Kier molecular flexibility index (Phi) is 4.05. The fraction of sp³-hybridized carbons (Fsp3) is 0.562. The molecule has 0 radical (unpaired) electrons. The zero-order chi connectivity index (χ0) is 13.1. The first-order chi connectivity index (χ1) is 8.59. The molecule has 2 rings (SSSR count). The molecule has 1 unspecified atom stereocenters. The molecule has 1 saturated heterocycles. The molecule has 0 aromatic heterocycles. The van der Waals surface area contributed by atoms with E-state index < -0.39 is 0 Å². The molecule has 1 atom stereocenters. The topological polar surface area (TPSA) is 20.3 Å². The monoisotopic (exact) mass is 245 g/mol. The van der Waals surface area contributed by atoms with E-state index in [0.29, 0.717) is 12.0 Å². The quantitative estimate of drug-likeness (QED) is 0.775. The Labute approximate surface area is 110 Å². The summed E-state index contributed by atoms with van der Waals surface area (Å²) < 4.78 is 0. The van der Waals surface area contributed by atoms with E-state index in [4.69, 9.17) is 0 Å². The van der Waals surface area contributed by atoms with Crippen LogP contribution in [0, 0.1) is 0 Å². The second-order valence-electron chi connectivity index (χ2n) is 5.62. The van der Waals surface area contributed by atoms with Gasteiger partial charge in [0, 0.05) is 18.2 Å². The van der Waals surface area contributed by atoms with Crippen molar-refractivity contribution in [3.8, 4) is 0 Å². The van der Waals surface area contributed by atoms with Crippen molar-refractivity contribution >= 4 is 5.91 Å². The summed E-state index contributed by atoms with van der Waals surface area (Å²) in [6.45, 7) is 7.40. The van der Waals surface area contributed by atoms with E-state index in [9.17, 15) is 4.79 Å². The Balaban J connectivity index is 2.13. The van der Waals surface area contributed by atoms with Gasteiger partial charge in [-0.1, -0.05) is 26.0 Å². The number of hydrogen-bond acceptors (Lipinski definition) is 1. The third-order valence-corrected chi connectivity index (χ3v) is 3.89. The number of rotatable bonds is 2. The van der Waals surface area contributed by atoms with E-state index in [0.717, 1.165) is 24.9 Å². The number of likely N-dealkylation sites (tertiary alicyclic amines) is 1. The largest absolute Gasteiger partial charge is 0.336 e. The first-order valence-electron chi connectivity index (χ1n) is 7.00. The normalized spacial score (nSPS) is 20.2. The molecule has 1 amide bonds. The molecule has 1 aromatic rings. The van der Waals surface area contributed by atoms with Gasteiger partial charge in [0.25, 0.3) is 5.91 Å². The molecule has 1 heterocycles. The van der Waals surface area contributed by atoms with E-state index in [1.165, 1.54) is 12.0 Å². The molecular formula is C16H23NO. The second-order valence-corrected chi connectivity index (χ2v) is 5.62. The van der Waals surface area contributed by atoms with Gasteiger partial charge in [-0.25, -0.2) is 0 Å². The van der Waals surface area contributed by atoms with E-state index in [-0.39, 0.29) is 5.91 Å². The number of nitrogens with zero attached hydrogens (tertiary/aromatic N) is 1. The fourth-order valence-electron chi connectivity index (χ4n) is 2.58. The first-order valence-corrected chi connectivity index (χ1v) is 7.00. The summed E-state index contributed by atoms with van der Waals surface area (Å²) in [5.41, 5.74) is 2.12. The maximum Gasteiger partial charge on any atom is 0.254 e. The lowest BCUT2D eigenvalue weighted by molar-refractivity contribution is 0.0635. The zero-order valence-corrected chi connectivity index (χ0v) is 11.6. The SMILES string of the molecule is CC(C)c1ccc(C(=O)N2CCCCC2C)cc1. The van der Waals surface area contributed by atoms with Gasteiger partial charge in [-0.3, -0.25) is 4.79 Å². The smallest absolute Gasteiger partial charge is 0.254 e. The number of carbonyl (C=O) groups is 1. The van der Waals surface area contributed by atoms with Crippen LogP contribution in [0.3, 0.4) is 0 Å². The lowest BCUT2D eigenvalue weighted by Gasteiger charge is -2.33. The summed E-state index contributed by atoms with van der Waals surface area (Å²) in [7, 11) is 0. The van der Waals surface area contributed by atoms with Crippen molar-refractivity contribution in [2.45, 2.75) is 52.0 Å². The molecule has 2 heteroatoms. The van der Waals surface area contributed by atoms with Crippen molar-refractivity contribution in [3.63, 3.8) is 0 Å². The third-order valence-electron chi connectivity index (χ3n) is 3.89. The van der Waals surface area contributed by atoms with E-state index in [1.54, 1.807) is 0 Å². The summed E-state index contributed by atoms with van der Waals surface area (Å²) >= 11 is 0. The van der Waals surface area contributed by atoms with Crippen molar-refractivity contribution in [2.75, 3.05) is 6.54 Å². The van der Waals surface area contributed by atoms with Crippen LogP contribution in [0.25, 0.3) is 0 Å². The average molecular weight is 245 g/mol. The predicted molar refractivity (Wildman–Crippen MR) is 74.9 cm³/mol. The van der Waals surface area contributed by atoms with Crippen LogP contribution in [0.1, 0.15) is 61.9 Å². The summed E-state index contributed by atoms with van der Waals surface area (Å²) in [4.78, 5) is 14.4. The Hall–Kier alpha value is -1.31. The molecule has 1 fully saturated rings. The minimum atomic E-state index is 0.192. The number of amides is 1. The maximum absolute atomic E-state index is 12.4. The maximum atomic E-state index is 12.4. The van der Waals surface area contributed by atoms with Crippen LogP contribution in [-0.4, -0.2) is 23.4 Å². The Bertz CT molecular complexity index is 408. The number of benzene rings is 1. The highest BCUT2D eigenvalue weighted by molar-refractivity contribution is 5.94. The lowest BCUT2D eigenvalue weighted by atomic mass is 9.99. The molecule has 18 heavy (non-hydrogen) atoms. The molecule has 1 aliphatic heterocycles. The Morgan fingerprint density at radius 1 is 1.22 bits per heavy atom. The number of carbonyl (C=O) groups excluding carboxylic acids is 1. The summed E-state index contributed by atoms with van der Waals surface area (Å²) in [6.07, 6.45) is 3.52. The van der Waals surface area contributed by atoms with Crippen LogP contribution in [0.5, 0.6) is 0 Å². The average Bonchev–Trinajstić information content (AvgIpc) is 2.38. The third kappa shape index (κ3) is 2.74. The van der Waals surface area contributed by atoms with E-state index >= 15 is 0 Å². The fourth-order valence-corrected chi connectivity index (χ4v) is 2.58. The molecule has 2 nitrogen and oxygen atoms in total. The van der Waals surface area contributed by atoms with Crippen molar-refractivity contribution in [3.05, 3.63) is 35.4 Å². The summed E-state index contributed by atoms with van der Waals surface area (Å²) in [6, 6.07) is 8.48. The number of hydrogen-bond donors (Lipinski definition) is 0. The molecular weight excluding hydrogens is 222 g/mol. The molecule has 98 valence electrons. The highest BCUT2D eigenvalue weighted by Crippen LogP contribution is 2.20. The van der Waals surface area contributed by atoms with Crippen molar-refractivity contribution in [1.29, 1.82) is 0 Å². The minimum Gasteiger partial charge on any atom is -0.336 e. The van der Waals surface area contributed by atoms with Gasteiger partial charge in [0.05, 0.1) is 0 Å².